The topological polar surface area (TPSA) is 71.8 Å². The Labute approximate surface area is 88.1 Å². The fourth-order valence-corrected chi connectivity index (χ4v) is 1.71. The minimum atomic E-state index is -0.00537. The number of amides is 1. The van der Waals surface area contributed by atoms with Crippen molar-refractivity contribution in [3.8, 4) is 0 Å². The van der Waals surface area contributed by atoms with Crippen molar-refractivity contribution in [1.29, 1.82) is 0 Å². The van der Waals surface area contributed by atoms with E-state index in [-0.39, 0.29) is 18.5 Å². The maximum atomic E-state index is 11.6. The Bertz CT molecular complexity index is 304. The molecule has 15 heavy (non-hydrogen) atoms. The zero-order valence-electron chi connectivity index (χ0n) is 8.52. The molecule has 2 heterocycles. The molecule has 1 fully saturated rings. The normalized spacial score (nSPS) is 21.2. The molecule has 0 bridgehead atoms. The highest BCUT2D eigenvalue weighted by Crippen LogP contribution is 2.00. The lowest BCUT2D eigenvalue weighted by Crippen LogP contribution is -2.46. The minimum absolute atomic E-state index is 0.00537. The molecule has 0 radical (unpaired) electrons. The fraction of sp³-hybridized carbons (Fsp3) is 0.667. The summed E-state index contributed by atoms with van der Waals surface area (Å²) in [5.74, 6) is -0.00537. The van der Waals surface area contributed by atoms with Gasteiger partial charge in [0.25, 0.3) is 0 Å². The summed E-state index contributed by atoms with van der Waals surface area (Å²) < 4.78 is 1.52. The molecule has 1 aromatic rings. The first-order valence-electron chi connectivity index (χ1n) is 5.17. The number of hydrogen-bond acceptors (Lipinski definition) is 4. The predicted molar refractivity (Wildman–Crippen MR) is 54.1 cm³/mol. The minimum Gasteiger partial charge on any atom is -0.350 e. The molecule has 1 atom stereocenters. The Hall–Kier alpha value is -1.43. The Morgan fingerprint density at radius 3 is 3.27 bits per heavy atom. The fourth-order valence-electron chi connectivity index (χ4n) is 1.71. The second-order valence-corrected chi connectivity index (χ2v) is 3.70. The van der Waals surface area contributed by atoms with Crippen LogP contribution in [0, 0.1) is 0 Å². The highest BCUT2D eigenvalue weighted by molar-refractivity contribution is 5.75. The Kier molecular flexibility index (Phi) is 3.29. The van der Waals surface area contributed by atoms with Crippen LogP contribution in [0.4, 0.5) is 0 Å². The van der Waals surface area contributed by atoms with Crippen LogP contribution in [0.25, 0.3) is 0 Å². The summed E-state index contributed by atoms with van der Waals surface area (Å²) in [4.78, 5) is 15.3. The van der Waals surface area contributed by atoms with Crippen LogP contribution in [0.2, 0.25) is 0 Å². The van der Waals surface area contributed by atoms with Gasteiger partial charge in [-0.05, 0) is 19.4 Å². The number of carbonyl (C=O) groups excluding carboxylic acids is 1. The molecule has 0 saturated carbocycles. The average Bonchev–Trinajstić information content (AvgIpc) is 2.71. The van der Waals surface area contributed by atoms with Gasteiger partial charge in [-0.3, -0.25) is 4.79 Å². The van der Waals surface area contributed by atoms with E-state index in [4.69, 9.17) is 0 Å². The lowest BCUT2D eigenvalue weighted by Gasteiger charge is -2.23. The van der Waals surface area contributed by atoms with Crippen molar-refractivity contribution in [3.05, 3.63) is 12.7 Å². The maximum absolute atomic E-state index is 11.6. The van der Waals surface area contributed by atoms with Gasteiger partial charge in [-0.15, -0.1) is 0 Å². The summed E-state index contributed by atoms with van der Waals surface area (Å²) >= 11 is 0. The van der Waals surface area contributed by atoms with Crippen molar-refractivity contribution in [2.24, 2.45) is 0 Å². The van der Waals surface area contributed by atoms with E-state index in [0.717, 1.165) is 25.9 Å². The molecule has 82 valence electrons. The molecule has 0 aromatic carbocycles. The first kappa shape index (κ1) is 10.1. The van der Waals surface area contributed by atoms with E-state index in [9.17, 15) is 4.79 Å². The molecule has 1 aliphatic rings. The van der Waals surface area contributed by atoms with Crippen LogP contribution in [-0.2, 0) is 11.3 Å². The van der Waals surface area contributed by atoms with Crippen molar-refractivity contribution in [2.75, 3.05) is 13.1 Å². The lowest BCUT2D eigenvalue weighted by atomic mass is 10.1. The molecule has 0 unspecified atom stereocenters. The third-order valence-corrected chi connectivity index (χ3v) is 2.43. The second-order valence-electron chi connectivity index (χ2n) is 3.70. The van der Waals surface area contributed by atoms with Gasteiger partial charge in [-0.25, -0.2) is 9.67 Å². The van der Waals surface area contributed by atoms with E-state index in [1.165, 1.54) is 11.0 Å². The lowest BCUT2D eigenvalue weighted by molar-refractivity contribution is -0.122. The summed E-state index contributed by atoms with van der Waals surface area (Å²) in [5.41, 5.74) is 0. The number of aromatic nitrogens is 3. The largest absolute Gasteiger partial charge is 0.350 e. The van der Waals surface area contributed by atoms with Crippen molar-refractivity contribution in [1.82, 2.24) is 25.4 Å². The zero-order valence-corrected chi connectivity index (χ0v) is 8.52. The Balaban J connectivity index is 1.76. The molecule has 0 spiro atoms. The smallest absolute Gasteiger partial charge is 0.242 e. The number of nitrogens with zero attached hydrogens (tertiary/aromatic N) is 3. The molecule has 2 N–H and O–H groups in total. The van der Waals surface area contributed by atoms with Gasteiger partial charge in [0.15, 0.2) is 0 Å². The highest BCUT2D eigenvalue weighted by atomic mass is 16.2. The first-order chi connectivity index (χ1) is 7.34. The summed E-state index contributed by atoms with van der Waals surface area (Å²) in [6.07, 6.45) is 5.14. The Morgan fingerprint density at radius 2 is 2.60 bits per heavy atom. The molecular formula is C9H15N5O. The van der Waals surface area contributed by atoms with Gasteiger partial charge < -0.3 is 10.6 Å². The summed E-state index contributed by atoms with van der Waals surface area (Å²) in [6.45, 7) is 2.16. The molecule has 6 heteroatoms. The number of nitrogens with one attached hydrogen (secondary N) is 2. The Morgan fingerprint density at radius 1 is 1.67 bits per heavy atom. The van der Waals surface area contributed by atoms with Crippen molar-refractivity contribution in [2.45, 2.75) is 25.4 Å². The van der Waals surface area contributed by atoms with Gasteiger partial charge in [0, 0.05) is 12.6 Å². The van der Waals surface area contributed by atoms with Gasteiger partial charge in [0.2, 0.25) is 5.91 Å². The molecule has 1 aromatic heterocycles. The second kappa shape index (κ2) is 4.88. The van der Waals surface area contributed by atoms with Crippen LogP contribution < -0.4 is 10.6 Å². The standard InChI is InChI=1S/C9H15N5O/c15-9(5-14-7-11-6-12-14)13-8-2-1-3-10-4-8/h6-8,10H,1-5H2,(H,13,15)/t8-/m0/s1. The van der Waals surface area contributed by atoms with E-state index >= 15 is 0 Å². The molecular weight excluding hydrogens is 194 g/mol. The number of rotatable bonds is 3. The van der Waals surface area contributed by atoms with Crippen molar-refractivity contribution < 1.29 is 4.79 Å². The van der Waals surface area contributed by atoms with Crippen LogP contribution in [0.3, 0.4) is 0 Å². The number of piperidine rings is 1. The van der Waals surface area contributed by atoms with Gasteiger partial charge in [-0.1, -0.05) is 0 Å². The van der Waals surface area contributed by atoms with Crippen molar-refractivity contribution in [3.63, 3.8) is 0 Å². The maximum Gasteiger partial charge on any atom is 0.242 e. The SMILES string of the molecule is O=C(Cn1cncn1)N[C@H]1CCCNC1. The molecule has 0 aliphatic carbocycles. The predicted octanol–water partition coefficient (Wildman–Crippen LogP) is -0.854. The third-order valence-electron chi connectivity index (χ3n) is 2.43. The van der Waals surface area contributed by atoms with Crippen LogP contribution in [-0.4, -0.2) is 39.8 Å². The summed E-state index contributed by atoms with van der Waals surface area (Å²) in [5, 5.41) is 10.1. The molecule has 1 amide bonds. The van der Waals surface area contributed by atoms with Crippen molar-refractivity contribution >= 4 is 5.91 Å². The summed E-state index contributed by atoms with van der Waals surface area (Å²) in [7, 11) is 0. The van der Waals surface area contributed by atoms with E-state index in [2.05, 4.69) is 20.7 Å². The van der Waals surface area contributed by atoms with E-state index < -0.39 is 0 Å². The quantitative estimate of drug-likeness (QED) is 0.680. The van der Waals surface area contributed by atoms with Crippen LogP contribution in [0.1, 0.15) is 12.8 Å². The molecule has 6 nitrogen and oxygen atoms in total. The van der Waals surface area contributed by atoms with Gasteiger partial charge in [0.1, 0.15) is 19.2 Å². The van der Waals surface area contributed by atoms with Gasteiger partial charge in [-0.2, -0.15) is 5.10 Å². The van der Waals surface area contributed by atoms with E-state index in [1.807, 2.05) is 0 Å². The van der Waals surface area contributed by atoms with Crippen LogP contribution >= 0.6 is 0 Å². The molecule has 1 aliphatic heterocycles. The monoisotopic (exact) mass is 209 g/mol. The van der Waals surface area contributed by atoms with Crippen LogP contribution in [0.5, 0.6) is 0 Å². The van der Waals surface area contributed by atoms with Gasteiger partial charge >= 0.3 is 0 Å². The van der Waals surface area contributed by atoms with Gasteiger partial charge in [0.05, 0.1) is 0 Å². The highest BCUT2D eigenvalue weighted by Gasteiger charge is 2.15. The molecule has 1 saturated heterocycles. The average molecular weight is 209 g/mol. The summed E-state index contributed by atoms with van der Waals surface area (Å²) in [6, 6.07) is 0.259. The van der Waals surface area contributed by atoms with Crippen LogP contribution in [0.15, 0.2) is 12.7 Å². The third kappa shape index (κ3) is 3.02. The number of carbonyl (C=O) groups is 1. The zero-order chi connectivity index (χ0) is 10.5. The number of hydrogen-bond donors (Lipinski definition) is 2. The van der Waals surface area contributed by atoms with E-state index in [0.29, 0.717) is 0 Å². The van der Waals surface area contributed by atoms with E-state index in [1.54, 1.807) is 6.33 Å². The molecule has 2 rings (SSSR count). The first-order valence-corrected chi connectivity index (χ1v) is 5.17.